The molecule has 2 aromatic heterocycles. The molecule has 31 heavy (non-hydrogen) atoms. The van der Waals surface area contributed by atoms with Crippen LogP contribution in [0.15, 0.2) is 35.5 Å². The largest absolute Gasteiger partial charge is 0.491 e. The fourth-order valence-electron chi connectivity index (χ4n) is 4.36. The number of hydrogen-bond acceptors (Lipinski definition) is 6. The average molecular weight is 441 g/mol. The molecule has 2 N–H and O–H groups in total. The Morgan fingerprint density at radius 3 is 2.84 bits per heavy atom. The van der Waals surface area contributed by atoms with Gasteiger partial charge in [0.05, 0.1) is 12.1 Å². The van der Waals surface area contributed by atoms with E-state index < -0.39 is 9.84 Å². The van der Waals surface area contributed by atoms with Gasteiger partial charge in [-0.3, -0.25) is 4.79 Å². The molecule has 8 nitrogen and oxygen atoms in total. The van der Waals surface area contributed by atoms with Gasteiger partial charge >= 0.3 is 0 Å². The van der Waals surface area contributed by atoms with Crippen LogP contribution in [0.3, 0.4) is 0 Å². The van der Waals surface area contributed by atoms with Gasteiger partial charge in [0.15, 0.2) is 14.9 Å². The highest BCUT2D eigenvalue weighted by Gasteiger charge is 2.35. The summed E-state index contributed by atoms with van der Waals surface area (Å²) in [5.41, 5.74) is 8.97. The number of benzene rings is 1. The molecule has 3 aromatic rings. The molecule has 5 rings (SSSR count). The lowest BCUT2D eigenvalue weighted by atomic mass is 9.94. The number of aryl methyl sites for hydroxylation is 1. The molecule has 0 bridgehead atoms. The van der Waals surface area contributed by atoms with Crippen LogP contribution in [-0.2, 0) is 27.6 Å². The van der Waals surface area contributed by atoms with E-state index in [-0.39, 0.29) is 16.9 Å². The standard InChI is InChI=1S/C22H24N4O4S/c1-31(28,29)19-12-15(5-6-24-19)22-25-17-10-13(9-16(21(23)27)14-3-4-14)11-18-20(17)26(22)7-2-8-30-18/h5-6,10-12,14,16H,2-4,7-9H2,1H3,(H2,23,27)/t16-/m0/s1. The van der Waals surface area contributed by atoms with Gasteiger partial charge in [0.2, 0.25) is 5.91 Å². The van der Waals surface area contributed by atoms with Gasteiger partial charge in [-0.1, -0.05) is 0 Å². The van der Waals surface area contributed by atoms with Crippen LogP contribution in [0.25, 0.3) is 22.4 Å². The van der Waals surface area contributed by atoms with Crippen molar-refractivity contribution in [2.45, 2.75) is 37.3 Å². The van der Waals surface area contributed by atoms with Crippen molar-refractivity contribution < 1.29 is 17.9 Å². The highest BCUT2D eigenvalue weighted by molar-refractivity contribution is 7.90. The molecular formula is C22H24N4O4S. The average Bonchev–Trinajstić information content (AvgIpc) is 3.51. The lowest BCUT2D eigenvalue weighted by Crippen LogP contribution is -2.26. The Bertz CT molecular complexity index is 1290. The van der Waals surface area contributed by atoms with Crippen molar-refractivity contribution in [1.82, 2.24) is 14.5 Å². The second kappa shape index (κ2) is 7.33. The predicted octanol–water partition coefficient (Wildman–Crippen LogP) is 2.34. The van der Waals surface area contributed by atoms with E-state index in [1.54, 1.807) is 12.1 Å². The molecule has 1 aliphatic heterocycles. The molecule has 1 atom stereocenters. The number of sulfone groups is 1. The molecule has 1 amide bonds. The quantitative estimate of drug-likeness (QED) is 0.629. The van der Waals surface area contributed by atoms with Crippen molar-refractivity contribution in [2.75, 3.05) is 12.9 Å². The lowest BCUT2D eigenvalue weighted by Gasteiger charge is -2.13. The molecule has 1 aromatic carbocycles. The van der Waals surface area contributed by atoms with Crippen LogP contribution in [0.4, 0.5) is 0 Å². The Balaban J connectivity index is 1.63. The first kappa shape index (κ1) is 20.0. The summed E-state index contributed by atoms with van der Waals surface area (Å²) in [6.45, 7) is 1.28. The number of rotatable bonds is 6. The molecule has 3 heterocycles. The van der Waals surface area contributed by atoms with Crippen LogP contribution in [0, 0.1) is 11.8 Å². The molecule has 0 saturated heterocycles. The fourth-order valence-corrected chi connectivity index (χ4v) is 4.95. The van der Waals surface area contributed by atoms with Gasteiger partial charge in [-0.25, -0.2) is 18.4 Å². The molecule has 0 unspecified atom stereocenters. The van der Waals surface area contributed by atoms with Crippen molar-refractivity contribution in [3.8, 4) is 17.1 Å². The second-order valence-electron chi connectivity index (χ2n) is 8.46. The first-order valence-corrected chi connectivity index (χ1v) is 12.3. The summed E-state index contributed by atoms with van der Waals surface area (Å²) in [5, 5.41) is 0.0179. The van der Waals surface area contributed by atoms with E-state index in [0.717, 1.165) is 47.9 Å². The predicted molar refractivity (Wildman–Crippen MR) is 115 cm³/mol. The smallest absolute Gasteiger partial charge is 0.221 e. The van der Waals surface area contributed by atoms with Crippen LogP contribution in [-0.4, -0.2) is 41.7 Å². The number of pyridine rings is 1. The summed E-state index contributed by atoms with van der Waals surface area (Å²) < 4.78 is 32.1. The molecule has 1 aliphatic carbocycles. The van der Waals surface area contributed by atoms with E-state index in [1.807, 2.05) is 12.1 Å². The summed E-state index contributed by atoms with van der Waals surface area (Å²) in [7, 11) is -3.43. The number of nitrogens with zero attached hydrogens (tertiary/aromatic N) is 3. The van der Waals surface area contributed by atoms with Crippen LogP contribution in [0.2, 0.25) is 0 Å². The van der Waals surface area contributed by atoms with Gasteiger partial charge in [-0.2, -0.15) is 0 Å². The van der Waals surface area contributed by atoms with Crippen molar-refractivity contribution in [1.29, 1.82) is 0 Å². The third kappa shape index (κ3) is 3.78. The zero-order valence-corrected chi connectivity index (χ0v) is 18.1. The monoisotopic (exact) mass is 440 g/mol. The Hall–Kier alpha value is -2.94. The number of aromatic nitrogens is 3. The Kier molecular flexibility index (Phi) is 4.73. The van der Waals surface area contributed by atoms with Crippen molar-refractivity contribution >= 4 is 26.8 Å². The summed E-state index contributed by atoms with van der Waals surface area (Å²) in [4.78, 5) is 20.8. The van der Waals surface area contributed by atoms with E-state index in [9.17, 15) is 13.2 Å². The van der Waals surface area contributed by atoms with E-state index in [1.165, 1.54) is 6.20 Å². The first-order valence-electron chi connectivity index (χ1n) is 10.4. The van der Waals surface area contributed by atoms with Crippen LogP contribution in [0.5, 0.6) is 5.75 Å². The van der Waals surface area contributed by atoms with Gasteiger partial charge in [-0.05, 0) is 61.4 Å². The Morgan fingerprint density at radius 2 is 2.13 bits per heavy atom. The van der Waals surface area contributed by atoms with Crippen molar-refractivity contribution in [3.63, 3.8) is 0 Å². The number of imidazole rings is 1. The van der Waals surface area contributed by atoms with E-state index in [0.29, 0.717) is 36.9 Å². The molecule has 162 valence electrons. The fraction of sp³-hybridized carbons (Fsp3) is 0.409. The van der Waals surface area contributed by atoms with E-state index in [2.05, 4.69) is 9.55 Å². The van der Waals surface area contributed by atoms with Crippen molar-refractivity contribution in [2.24, 2.45) is 17.6 Å². The maximum absolute atomic E-state index is 12.0. The van der Waals surface area contributed by atoms with E-state index >= 15 is 0 Å². The van der Waals surface area contributed by atoms with Gasteiger partial charge in [0, 0.05) is 30.5 Å². The van der Waals surface area contributed by atoms with Crippen LogP contribution >= 0.6 is 0 Å². The minimum atomic E-state index is -3.43. The topological polar surface area (TPSA) is 117 Å². The minimum absolute atomic E-state index is 0.0179. The maximum Gasteiger partial charge on any atom is 0.221 e. The molecule has 1 fully saturated rings. The molecule has 9 heteroatoms. The lowest BCUT2D eigenvalue weighted by molar-refractivity contribution is -0.122. The Labute approximate surface area is 180 Å². The first-order chi connectivity index (χ1) is 14.8. The number of carbonyl (C=O) groups is 1. The number of primary amides is 1. The van der Waals surface area contributed by atoms with Crippen molar-refractivity contribution in [3.05, 3.63) is 36.0 Å². The molecule has 1 saturated carbocycles. The van der Waals surface area contributed by atoms with Gasteiger partial charge < -0.3 is 15.0 Å². The third-order valence-corrected chi connectivity index (χ3v) is 7.02. The maximum atomic E-state index is 12.0. The molecule has 2 aliphatic rings. The third-order valence-electron chi connectivity index (χ3n) is 6.04. The van der Waals surface area contributed by atoms with E-state index in [4.69, 9.17) is 15.5 Å². The molecular weight excluding hydrogens is 416 g/mol. The van der Waals surface area contributed by atoms with Gasteiger partial charge in [-0.15, -0.1) is 0 Å². The zero-order valence-electron chi connectivity index (χ0n) is 17.2. The molecule has 0 spiro atoms. The van der Waals surface area contributed by atoms with Gasteiger partial charge in [0.1, 0.15) is 17.1 Å². The number of hydrogen-bond donors (Lipinski definition) is 1. The number of ether oxygens (including phenoxy) is 1. The highest BCUT2D eigenvalue weighted by atomic mass is 32.2. The second-order valence-corrected chi connectivity index (χ2v) is 10.4. The van der Waals surface area contributed by atoms with Gasteiger partial charge in [0.25, 0.3) is 0 Å². The highest BCUT2D eigenvalue weighted by Crippen LogP contribution is 2.40. The normalized spacial score (nSPS) is 17.2. The van der Waals surface area contributed by atoms with Crippen LogP contribution < -0.4 is 10.5 Å². The summed E-state index contributed by atoms with van der Waals surface area (Å²) in [5.74, 6) is 1.35. The summed E-state index contributed by atoms with van der Waals surface area (Å²) >= 11 is 0. The summed E-state index contributed by atoms with van der Waals surface area (Å²) in [6.07, 6.45) is 6.10. The number of carbonyl (C=O) groups excluding carboxylic acids is 1. The van der Waals surface area contributed by atoms with Crippen LogP contribution in [0.1, 0.15) is 24.8 Å². The Morgan fingerprint density at radius 1 is 1.32 bits per heavy atom. The zero-order chi connectivity index (χ0) is 21.8. The minimum Gasteiger partial charge on any atom is -0.491 e. The molecule has 0 radical (unpaired) electrons. The number of amides is 1. The number of nitrogens with two attached hydrogens (primary N) is 1. The summed E-state index contributed by atoms with van der Waals surface area (Å²) in [6, 6.07) is 7.30. The SMILES string of the molecule is CS(=O)(=O)c1cc(-c2nc3cc(C[C@H](C(N)=O)C4CC4)cc4c3n2CCCO4)ccn1.